The Bertz CT molecular complexity index is 694. The number of anilines is 1. The smallest absolute Gasteiger partial charge is 0.239 e. The minimum absolute atomic E-state index is 0.0396. The summed E-state index contributed by atoms with van der Waals surface area (Å²) in [6, 6.07) is 3.34. The number of aryl methyl sites for hydroxylation is 1. The highest BCUT2D eigenvalue weighted by molar-refractivity contribution is 7.91. The van der Waals surface area contributed by atoms with Gasteiger partial charge in [-0.05, 0) is 6.92 Å². The molecule has 0 aliphatic heterocycles. The Hall–Kier alpha value is -2.34. The first-order valence-electron chi connectivity index (χ1n) is 4.86. The van der Waals surface area contributed by atoms with E-state index < -0.39 is 10.0 Å². The molecule has 0 amide bonds. The van der Waals surface area contributed by atoms with Gasteiger partial charge < -0.3 is 4.52 Å². The quantitative estimate of drug-likeness (QED) is 0.831. The lowest BCUT2D eigenvalue weighted by Crippen LogP contribution is -2.16. The third kappa shape index (κ3) is 2.67. The predicted molar refractivity (Wildman–Crippen MR) is 60.8 cm³/mol. The van der Waals surface area contributed by atoms with E-state index >= 15 is 0 Å². The summed E-state index contributed by atoms with van der Waals surface area (Å²) in [5, 5.41) is 18.3. The molecule has 0 spiro atoms. The minimum Gasteiger partial charge on any atom is -0.361 e. The van der Waals surface area contributed by atoms with Crippen LogP contribution in [0, 0.1) is 18.3 Å². The van der Waals surface area contributed by atoms with Crippen LogP contribution in [0.4, 0.5) is 5.82 Å². The van der Waals surface area contributed by atoms with E-state index in [1.165, 1.54) is 12.3 Å². The maximum absolute atomic E-state index is 11.8. The van der Waals surface area contributed by atoms with Gasteiger partial charge in [-0.1, -0.05) is 5.16 Å². The lowest BCUT2D eigenvalue weighted by Gasteiger charge is -2.03. The van der Waals surface area contributed by atoms with Crippen LogP contribution in [0.5, 0.6) is 0 Å². The van der Waals surface area contributed by atoms with E-state index in [1.807, 2.05) is 6.07 Å². The highest BCUT2D eigenvalue weighted by Crippen LogP contribution is 2.14. The summed E-state index contributed by atoms with van der Waals surface area (Å²) in [7, 11) is -3.67. The van der Waals surface area contributed by atoms with Crippen LogP contribution in [0.25, 0.3) is 0 Å². The molecule has 0 radical (unpaired) electrons. The summed E-state index contributed by atoms with van der Waals surface area (Å²) in [6.07, 6.45) is 1.23. The fourth-order valence-electron chi connectivity index (χ4n) is 1.32. The number of hydrogen-bond donors (Lipinski definition) is 2. The molecule has 0 atom stereocenters. The maximum atomic E-state index is 11.8. The van der Waals surface area contributed by atoms with Crippen molar-refractivity contribution in [2.75, 3.05) is 4.72 Å². The van der Waals surface area contributed by atoms with Crippen LogP contribution in [-0.2, 0) is 15.8 Å². The van der Waals surface area contributed by atoms with E-state index in [0.717, 1.165) is 0 Å². The Kier molecular flexibility index (Phi) is 3.03. The number of rotatable bonds is 4. The second kappa shape index (κ2) is 4.50. The number of hydrogen-bond acceptors (Lipinski definition) is 6. The molecule has 0 aromatic carbocycles. The van der Waals surface area contributed by atoms with Gasteiger partial charge in [-0.3, -0.25) is 9.82 Å². The largest absolute Gasteiger partial charge is 0.361 e. The van der Waals surface area contributed by atoms with Crippen LogP contribution >= 0.6 is 0 Å². The molecule has 0 saturated heterocycles. The van der Waals surface area contributed by atoms with Gasteiger partial charge in [0.25, 0.3) is 0 Å². The van der Waals surface area contributed by atoms with Crippen molar-refractivity contribution in [3.63, 3.8) is 0 Å². The number of aromatic amines is 1. The number of nitriles is 1. The highest BCUT2D eigenvalue weighted by atomic mass is 32.2. The summed E-state index contributed by atoms with van der Waals surface area (Å²) in [6.45, 7) is 1.67. The van der Waals surface area contributed by atoms with E-state index in [2.05, 4.69) is 20.1 Å². The Morgan fingerprint density at radius 2 is 2.39 bits per heavy atom. The molecule has 0 fully saturated rings. The van der Waals surface area contributed by atoms with Gasteiger partial charge >= 0.3 is 0 Å². The fraction of sp³-hybridized carbons (Fsp3) is 0.222. The molecule has 2 aromatic rings. The second-order valence-corrected chi connectivity index (χ2v) is 5.28. The predicted octanol–water partition coefficient (Wildman–Crippen LogP) is 0.520. The molecule has 0 saturated carbocycles. The van der Waals surface area contributed by atoms with Gasteiger partial charge in [0.1, 0.15) is 28.8 Å². The Balaban J connectivity index is 2.16. The Labute approximate surface area is 103 Å². The lowest BCUT2D eigenvalue weighted by molar-refractivity contribution is 0.392. The van der Waals surface area contributed by atoms with Gasteiger partial charge in [0, 0.05) is 6.07 Å². The summed E-state index contributed by atoms with van der Waals surface area (Å²) >= 11 is 0. The molecular weight excluding hydrogens is 258 g/mol. The minimum atomic E-state index is -3.67. The molecule has 94 valence electrons. The van der Waals surface area contributed by atoms with Crippen molar-refractivity contribution < 1.29 is 12.9 Å². The zero-order chi connectivity index (χ0) is 13.2. The molecule has 0 bridgehead atoms. The molecule has 2 aromatic heterocycles. The number of H-pyrrole nitrogens is 1. The van der Waals surface area contributed by atoms with Crippen LogP contribution < -0.4 is 4.72 Å². The molecular formula is C9H9N5O3S. The zero-order valence-electron chi connectivity index (χ0n) is 9.34. The zero-order valence-corrected chi connectivity index (χ0v) is 10.2. The third-order valence-electron chi connectivity index (χ3n) is 2.03. The number of aromatic nitrogens is 3. The van der Waals surface area contributed by atoms with Crippen molar-refractivity contribution in [1.29, 1.82) is 5.26 Å². The van der Waals surface area contributed by atoms with Gasteiger partial charge in [-0.15, -0.1) is 0 Å². The standard InChI is InChI=1S/C9H9N5O3S/c1-6-2-8(13-17-6)5-18(15,16)14-9-7(3-10)4-11-12-9/h2,4H,5H2,1H3,(H2,11,12,14). The van der Waals surface area contributed by atoms with E-state index in [9.17, 15) is 8.42 Å². The summed E-state index contributed by atoms with van der Waals surface area (Å²) in [5.41, 5.74) is 0.410. The van der Waals surface area contributed by atoms with Crippen LogP contribution in [0.3, 0.4) is 0 Å². The van der Waals surface area contributed by atoms with Gasteiger partial charge in [0.05, 0.1) is 6.20 Å². The Morgan fingerprint density at radius 1 is 1.61 bits per heavy atom. The molecule has 0 aliphatic rings. The summed E-state index contributed by atoms with van der Waals surface area (Å²) in [4.78, 5) is 0. The molecule has 8 nitrogen and oxygen atoms in total. The van der Waals surface area contributed by atoms with Crippen LogP contribution in [0.15, 0.2) is 16.8 Å². The first-order chi connectivity index (χ1) is 8.50. The molecule has 2 rings (SSSR count). The molecule has 0 unspecified atom stereocenters. The van der Waals surface area contributed by atoms with Crippen LogP contribution in [0.2, 0.25) is 0 Å². The van der Waals surface area contributed by atoms with Gasteiger partial charge in [-0.2, -0.15) is 10.4 Å². The maximum Gasteiger partial charge on any atom is 0.239 e. The van der Waals surface area contributed by atoms with Crippen LogP contribution in [0.1, 0.15) is 17.0 Å². The summed E-state index contributed by atoms with van der Waals surface area (Å²) < 4.78 is 30.6. The topological polar surface area (TPSA) is 125 Å². The molecule has 2 N–H and O–H groups in total. The van der Waals surface area contributed by atoms with E-state index in [1.54, 1.807) is 6.92 Å². The number of sulfonamides is 1. The van der Waals surface area contributed by atoms with Crippen molar-refractivity contribution in [2.45, 2.75) is 12.7 Å². The lowest BCUT2D eigenvalue weighted by atomic mass is 10.4. The average molecular weight is 267 g/mol. The number of nitrogens with one attached hydrogen (secondary N) is 2. The van der Waals surface area contributed by atoms with Crippen molar-refractivity contribution in [2.24, 2.45) is 0 Å². The van der Waals surface area contributed by atoms with E-state index in [-0.39, 0.29) is 22.8 Å². The SMILES string of the molecule is Cc1cc(CS(=O)(=O)Nc2[nH]ncc2C#N)no1. The normalized spacial score (nSPS) is 11.1. The summed E-state index contributed by atoms with van der Waals surface area (Å²) in [5.74, 6) is 0.228. The van der Waals surface area contributed by atoms with Gasteiger partial charge in [0.2, 0.25) is 10.0 Å². The Morgan fingerprint density at radius 3 is 3.00 bits per heavy atom. The first kappa shape index (κ1) is 12.1. The molecule has 9 heteroatoms. The third-order valence-corrected chi connectivity index (χ3v) is 3.22. The first-order valence-corrected chi connectivity index (χ1v) is 6.51. The van der Waals surface area contributed by atoms with Crippen LogP contribution in [-0.4, -0.2) is 23.8 Å². The van der Waals surface area contributed by atoms with E-state index in [0.29, 0.717) is 5.76 Å². The van der Waals surface area contributed by atoms with Crippen molar-refractivity contribution >= 4 is 15.8 Å². The van der Waals surface area contributed by atoms with Gasteiger partial charge in [-0.25, -0.2) is 8.42 Å². The monoisotopic (exact) mass is 267 g/mol. The van der Waals surface area contributed by atoms with Gasteiger partial charge in [0.15, 0.2) is 5.82 Å². The second-order valence-electron chi connectivity index (χ2n) is 3.56. The molecule has 18 heavy (non-hydrogen) atoms. The highest BCUT2D eigenvalue weighted by Gasteiger charge is 2.17. The van der Waals surface area contributed by atoms with Crippen molar-refractivity contribution in [3.8, 4) is 6.07 Å². The molecule has 0 aliphatic carbocycles. The molecule has 2 heterocycles. The number of nitrogens with zero attached hydrogens (tertiary/aromatic N) is 3. The van der Waals surface area contributed by atoms with Crippen molar-refractivity contribution in [1.82, 2.24) is 15.4 Å². The van der Waals surface area contributed by atoms with E-state index in [4.69, 9.17) is 9.78 Å². The fourth-order valence-corrected chi connectivity index (χ4v) is 2.39. The average Bonchev–Trinajstić information content (AvgIpc) is 2.86. The van der Waals surface area contributed by atoms with Crippen molar-refractivity contribution in [3.05, 3.63) is 29.3 Å².